The zero-order valence-corrected chi connectivity index (χ0v) is 9.44. The Kier molecular flexibility index (Phi) is 2.87. The van der Waals surface area contributed by atoms with Gasteiger partial charge in [-0.3, -0.25) is 0 Å². The highest BCUT2D eigenvalue weighted by Gasteiger charge is 2.05. The summed E-state index contributed by atoms with van der Waals surface area (Å²) in [5, 5.41) is 0. The van der Waals surface area contributed by atoms with Crippen LogP contribution in [0.3, 0.4) is 0 Å². The van der Waals surface area contributed by atoms with Crippen LogP contribution in [0.15, 0.2) is 24.4 Å². The van der Waals surface area contributed by atoms with Gasteiger partial charge in [0.05, 0.1) is 6.54 Å². The van der Waals surface area contributed by atoms with Crippen LogP contribution >= 0.6 is 12.2 Å². The number of nitrogens with one attached hydrogen (secondary N) is 1. The number of hydrogen-bond acceptors (Lipinski definition) is 1. The van der Waals surface area contributed by atoms with Gasteiger partial charge in [0.15, 0.2) is 16.4 Å². The van der Waals surface area contributed by atoms with E-state index in [-0.39, 0.29) is 0 Å². The van der Waals surface area contributed by atoms with E-state index in [1.54, 1.807) is 12.3 Å². The molecule has 0 amide bonds. The van der Waals surface area contributed by atoms with Gasteiger partial charge in [-0.2, -0.15) is 0 Å². The maximum absolute atomic E-state index is 13.0. The standard InChI is InChI=1S/C11H10F2N2S/c1-7-5-14-11(16)15(7)6-8-2-3-9(12)10(13)4-8/h2-5H,6H2,1H3,(H,14,16). The summed E-state index contributed by atoms with van der Waals surface area (Å²) >= 11 is 5.07. The zero-order chi connectivity index (χ0) is 11.7. The molecule has 1 aromatic carbocycles. The molecule has 1 aromatic heterocycles. The van der Waals surface area contributed by atoms with Gasteiger partial charge < -0.3 is 9.55 Å². The predicted molar refractivity (Wildman–Crippen MR) is 59.8 cm³/mol. The maximum Gasteiger partial charge on any atom is 0.177 e. The SMILES string of the molecule is Cc1c[nH]c(=S)n1Cc1ccc(F)c(F)c1. The number of imidazole rings is 1. The first-order valence-electron chi connectivity index (χ1n) is 4.76. The Balaban J connectivity index is 2.34. The van der Waals surface area contributed by atoms with Crippen molar-refractivity contribution in [3.05, 3.63) is 52.1 Å². The van der Waals surface area contributed by atoms with Crippen molar-refractivity contribution in [2.45, 2.75) is 13.5 Å². The molecule has 84 valence electrons. The summed E-state index contributed by atoms with van der Waals surface area (Å²) in [4.78, 5) is 2.89. The van der Waals surface area contributed by atoms with Crippen molar-refractivity contribution in [2.75, 3.05) is 0 Å². The van der Waals surface area contributed by atoms with Crippen molar-refractivity contribution >= 4 is 12.2 Å². The monoisotopic (exact) mass is 240 g/mol. The van der Waals surface area contributed by atoms with Crippen LogP contribution in [0.4, 0.5) is 8.78 Å². The number of hydrogen-bond donors (Lipinski definition) is 1. The summed E-state index contributed by atoms with van der Waals surface area (Å²) in [6, 6.07) is 3.85. The Labute approximate surface area is 96.5 Å². The molecule has 0 saturated heterocycles. The van der Waals surface area contributed by atoms with E-state index in [2.05, 4.69) is 4.98 Å². The van der Waals surface area contributed by atoms with Crippen LogP contribution in [0.25, 0.3) is 0 Å². The van der Waals surface area contributed by atoms with Crippen LogP contribution < -0.4 is 0 Å². The minimum absolute atomic E-state index is 0.436. The molecule has 0 atom stereocenters. The third-order valence-electron chi connectivity index (χ3n) is 2.40. The van der Waals surface area contributed by atoms with E-state index >= 15 is 0 Å². The second-order valence-electron chi connectivity index (χ2n) is 3.57. The summed E-state index contributed by atoms with van der Waals surface area (Å²) in [7, 11) is 0. The molecule has 0 fully saturated rings. The van der Waals surface area contributed by atoms with Gasteiger partial charge in [0.2, 0.25) is 0 Å². The minimum Gasteiger partial charge on any atom is -0.337 e. The van der Waals surface area contributed by atoms with Crippen LogP contribution in [0.1, 0.15) is 11.3 Å². The summed E-state index contributed by atoms with van der Waals surface area (Å²) < 4.78 is 28.1. The normalized spacial score (nSPS) is 10.7. The summed E-state index contributed by atoms with van der Waals surface area (Å²) in [6.07, 6.45) is 1.78. The van der Waals surface area contributed by atoms with E-state index in [1.807, 2.05) is 11.5 Å². The molecule has 0 aliphatic carbocycles. The van der Waals surface area contributed by atoms with Crippen molar-refractivity contribution in [1.29, 1.82) is 0 Å². The molecule has 0 radical (unpaired) electrons. The Hall–Kier alpha value is -1.49. The molecule has 0 aliphatic heterocycles. The third kappa shape index (κ3) is 2.04. The van der Waals surface area contributed by atoms with E-state index in [4.69, 9.17) is 12.2 Å². The van der Waals surface area contributed by atoms with Crippen molar-refractivity contribution < 1.29 is 8.78 Å². The van der Waals surface area contributed by atoms with Gasteiger partial charge in [0.1, 0.15) is 0 Å². The van der Waals surface area contributed by atoms with Gasteiger partial charge in [-0.15, -0.1) is 0 Å². The van der Waals surface area contributed by atoms with Gasteiger partial charge >= 0.3 is 0 Å². The molecular formula is C11H10F2N2S. The topological polar surface area (TPSA) is 20.7 Å². The molecule has 0 unspecified atom stereocenters. The molecule has 2 aromatic rings. The molecule has 1 N–H and O–H groups in total. The quantitative estimate of drug-likeness (QED) is 0.799. The number of aromatic amines is 1. The van der Waals surface area contributed by atoms with Gasteiger partial charge in [0, 0.05) is 11.9 Å². The van der Waals surface area contributed by atoms with E-state index in [0.717, 1.165) is 11.8 Å². The highest BCUT2D eigenvalue weighted by atomic mass is 32.1. The summed E-state index contributed by atoms with van der Waals surface area (Å²) in [5.41, 5.74) is 1.63. The molecule has 0 spiro atoms. The lowest BCUT2D eigenvalue weighted by atomic mass is 10.2. The van der Waals surface area contributed by atoms with E-state index in [9.17, 15) is 8.78 Å². The number of aryl methyl sites for hydroxylation is 1. The second-order valence-corrected chi connectivity index (χ2v) is 3.96. The molecule has 0 saturated carbocycles. The minimum atomic E-state index is -0.836. The van der Waals surface area contributed by atoms with Crippen molar-refractivity contribution in [3.8, 4) is 0 Å². The number of halogens is 2. The number of nitrogens with zero attached hydrogens (tertiary/aromatic N) is 1. The Morgan fingerprint density at radius 2 is 2.06 bits per heavy atom. The van der Waals surface area contributed by atoms with Crippen LogP contribution in [0.2, 0.25) is 0 Å². The van der Waals surface area contributed by atoms with E-state index in [0.29, 0.717) is 16.9 Å². The average molecular weight is 240 g/mol. The van der Waals surface area contributed by atoms with Gasteiger partial charge in [0.25, 0.3) is 0 Å². The lowest BCUT2D eigenvalue weighted by molar-refractivity contribution is 0.506. The van der Waals surface area contributed by atoms with Crippen molar-refractivity contribution in [3.63, 3.8) is 0 Å². The second kappa shape index (κ2) is 4.17. The third-order valence-corrected chi connectivity index (χ3v) is 2.74. The van der Waals surface area contributed by atoms with Crippen molar-refractivity contribution in [1.82, 2.24) is 9.55 Å². The number of H-pyrrole nitrogens is 1. The van der Waals surface area contributed by atoms with Gasteiger partial charge in [-0.05, 0) is 36.8 Å². The highest BCUT2D eigenvalue weighted by Crippen LogP contribution is 2.11. The van der Waals surface area contributed by atoms with Crippen LogP contribution in [0.5, 0.6) is 0 Å². The first kappa shape index (κ1) is 11.0. The molecule has 0 bridgehead atoms. The lowest BCUT2D eigenvalue weighted by Crippen LogP contribution is -2.02. The Morgan fingerprint density at radius 3 is 2.62 bits per heavy atom. The molecular weight excluding hydrogens is 230 g/mol. The van der Waals surface area contributed by atoms with E-state index in [1.165, 1.54) is 6.07 Å². The molecule has 16 heavy (non-hydrogen) atoms. The Morgan fingerprint density at radius 1 is 1.31 bits per heavy atom. The first-order chi connectivity index (χ1) is 7.58. The predicted octanol–water partition coefficient (Wildman–Crippen LogP) is 3.18. The first-order valence-corrected chi connectivity index (χ1v) is 5.17. The number of aromatic nitrogens is 2. The molecule has 2 rings (SSSR count). The fourth-order valence-corrected chi connectivity index (χ4v) is 1.77. The average Bonchev–Trinajstić information content (AvgIpc) is 2.55. The molecule has 2 nitrogen and oxygen atoms in total. The van der Waals surface area contributed by atoms with Crippen molar-refractivity contribution in [2.24, 2.45) is 0 Å². The van der Waals surface area contributed by atoms with Gasteiger partial charge in [-0.25, -0.2) is 8.78 Å². The number of rotatable bonds is 2. The molecule has 1 heterocycles. The fraction of sp³-hybridized carbons (Fsp3) is 0.182. The van der Waals surface area contributed by atoms with Crippen LogP contribution in [0, 0.1) is 23.3 Å². The smallest absolute Gasteiger partial charge is 0.177 e. The van der Waals surface area contributed by atoms with Crippen LogP contribution in [-0.2, 0) is 6.54 Å². The van der Waals surface area contributed by atoms with Gasteiger partial charge in [-0.1, -0.05) is 6.07 Å². The summed E-state index contributed by atoms with van der Waals surface area (Å²) in [5.74, 6) is -1.67. The maximum atomic E-state index is 13.0. The Bertz CT molecular complexity index is 572. The zero-order valence-electron chi connectivity index (χ0n) is 8.63. The summed E-state index contributed by atoms with van der Waals surface area (Å²) in [6.45, 7) is 2.33. The number of benzene rings is 1. The highest BCUT2D eigenvalue weighted by molar-refractivity contribution is 7.71. The molecule has 0 aliphatic rings. The largest absolute Gasteiger partial charge is 0.337 e. The van der Waals surface area contributed by atoms with E-state index < -0.39 is 11.6 Å². The lowest BCUT2D eigenvalue weighted by Gasteiger charge is -2.05. The fourth-order valence-electron chi connectivity index (χ4n) is 1.50. The molecule has 5 heteroatoms. The van der Waals surface area contributed by atoms with Crippen LogP contribution in [-0.4, -0.2) is 9.55 Å².